The molecule has 0 saturated heterocycles. The zero-order valence-corrected chi connectivity index (χ0v) is 21.6. The number of aromatic nitrogens is 4. The van der Waals surface area contributed by atoms with Crippen LogP contribution in [-0.4, -0.2) is 31.2 Å². The first-order chi connectivity index (χ1) is 18.0. The molecule has 2 aromatic carbocycles. The Morgan fingerprint density at radius 3 is 2.65 bits per heavy atom. The van der Waals surface area contributed by atoms with Crippen LogP contribution < -0.4 is 0 Å². The van der Waals surface area contributed by atoms with E-state index in [4.69, 9.17) is 21.6 Å². The van der Waals surface area contributed by atoms with Crippen molar-refractivity contribution in [2.24, 2.45) is 23.7 Å². The highest BCUT2D eigenvalue weighted by Crippen LogP contribution is 2.50. The minimum atomic E-state index is -0.661. The molecular weight excluding hydrogens is 504 g/mol. The van der Waals surface area contributed by atoms with Crippen LogP contribution in [0.15, 0.2) is 54.6 Å². The maximum Gasteiger partial charge on any atom is 0.307 e. The van der Waals surface area contributed by atoms with E-state index in [1.54, 1.807) is 11.3 Å². The van der Waals surface area contributed by atoms with Crippen LogP contribution in [-0.2, 0) is 11.2 Å². The van der Waals surface area contributed by atoms with E-state index in [9.17, 15) is 9.90 Å². The van der Waals surface area contributed by atoms with Crippen LogP contribution in [0.25, 0.3) is 43.1 Å². The molecule has 3 aromatic heterocycles. The van der Waals surface area contributed by atoms with Gasteiger partial charge in [0.15, 0.2) is 5.82 Å². The predicted octanol–water partition coefficient (Wildman–Crippen LogP) is 7.23. The van der Waals surface area contributed by atoms with Gasteiger partial charge in [0.25, 0.3) is 0 Å². The van der Waals surface area contributed by atoms with Crippen molar-refractivity contribution in [2.45, 2.75) is 32.1 Å². The minimum Gasteiger partial charge on any atom is -0.481 e. The number of rotatable bonds is 5. The molecule has 37 heavy (non-hydrogen) atoms. The molecule has 2 N–H and O–H groups in total. The summed E-state index contributed by atoms with van der Waals surface area (Å²) in [5.41, 5.74) is 3.24. The molecule has 3 aliphatic rings. The summed E-state index contributed by atoms with van der Waals surface area (Å²) in [6.07, 6.45) is 4.92. The van der Waals surface area contributed by atoms with Crippen LogP contribution in [0.4, 0.5) is 0 Å². The molecule has 3 saturated carbocycles. The normalized spacial score (nSPS) is 23.2. The first-order valence-electron chi connectivity index (χ1n) is 12.8. The van der Waals surface area contributed by atoms with Crippen molar-refractivity contribution < 1.29 is 9.90 Å². The quantitative estimate of drug-likeness (QED) is 0.251. The average molecular weight is 529 g/mol. The second kappa shape index (κ2) is 8.92. The van der Waals surface area contributed by atoms with Crippen molar-refractivity contribution in [3.63, 3.8) is 0 Å². The van der Waals surface area contributed by atoms with Gasteiger partial charge in [0.1, 0.15) is 5.69 Å². The SMILES string of the molecule is O=C(O)C1C2CCC(CC2)C1Cc1cc(-c2cc3ccccc3s2)nc(-c2n[nH]c3ccc(Cl)cc23)n1. The molecule has 5 aromatic rings. The third-order valence-corrected chi connectivity index (χ3v) is 9.69. The zero-order valence-electron chi connectivity index (χ0n) is 20.0. The van der Waals surface area contributed by atoms with Gasteiger partial charge in [-0.3, -0.25) is 9.89 Å². The molecule has 2 atom stereocenters. The number of carbonyl (C=O) groups is 1. The van der Waals surface area contributed by atoms with E-state index in [0.29, 0.717) is 28.9 Å². The number of hydrogen-bond acceptors (Lipinski definition) is 5. The molecule has 186 valence electrons. The zero-order chi connectivity index (χ0) is 25.1. The second-order valence-corrected chi connectivity index (χ2v) is 11.9. The number of nitrogens with one attached hydrogen (secondary N) is 1. The van der Waals surface area contributed by atoms with E-state index < -0.39 is 5.97 Å². The van der Waals surface area contributed by atoms with Gasteiger partial charge in [0.05, 0.1) is 22.0 Å². The molecule has 2 bridgehead atoms. The van der Waals surface area contributed by atoms with Crippen molar-refractivity contribution in [3.8, 4) is 22.1 Å². The third-order valence-electron chi connectivity index (χ3n) is 8.31. The number of halogens is 1. The summed E-state index contributed by atoms with van der Waals surface area (Å²) < 4.78 is 1.20. The molecule has 0 aliphatic heterocycles. The highest BCUT2D eigenvalue weighted by atomic mass is 35.5. The highest BCUT2D eigenvalue weighted by molar-refractivity contribution is 7.22. The molecule has 3 heterocycles. The topological polar surface area (TPSA) is 91.8 Å². The fraction of sp³-hybridized carbons (Fsp3) is 0.310. The summed E-state index contributed by atoms with van der Waals surface area (Å²) in [6, 6.07) is 18.1. The summed E-state index contributed by atoms with van der Waals surface area (Å²) in [6.45, 7) is 0. The van der Waals surface area contributed by atoms with E-state index in [2.05, 4.69) is 34.5 Å². The van der Waals surface area contributed by atoms with Gasteiger partial charge in [-0.25, -0.2) is 9.97 Å². The maximum absolute atomic E-state index is 12.3. The maximum atomic E-state index is 12.3. The number of carboxylic acids is 1. The Hall–Kier alpha value is -3.29. The smallest absolute Gasteiger partial charge is 0.307 e. The lowest BCUT2D eigenvalue weighted by molar-refractivity contribution is -0.152. The molecule has 0 spiro atoms. The number of benzene rings is 2. The second-order valence-electron chi connectivity index (χ2n) is 10.4. The van der Waals surface area contributed by atoms with Crippen molar-refractivity contribution in [3.05, 3.63) is 65.3 Å². The largest absolute Gasteiger partial charge is 0.481 e. The Morgan fingerprint density at radius 2 is 1.84 bits per heavy atom. The van der Waals surface area contributed by atoms with E-state index >= 15 is 0 Å². The lowest BCUT2D eigenvalue weighted by Gasteiger charge is -2.46. The number of aliphatic carboxylic acids is 1. The molecule has 8 heteroatoms. The van der Waals surface area contributed by atoms with Crippen molar-refractivity contribution in [1.82, 2.24) is 20.2 Å². The fourth-order valence-corrected chi connectivity index (χ4v) is 7.79. The lowest BCUT2D eigenvalue weighted by atomic mass is 9.57. The van der Waals surface area contributed by atoms with Gasteiger partial charge in [-0.1, -0.05) is 29.8 Å². The van der Waals surface area contributed by atoms with Gasteiger partial charge in [-0.2, -0.15) is 5.10 Å². The van der Waals surface area contributed by atoms with Gasteiger partial charge >= 0.3 is 5.97 Å². The number of fused-ring (bicyclic) bond motifs is 5. The van der Waals surface area contributed by atoms with Crippen LogP contribution in [0, 0.1) is 23.7 Å². The molecule has 2 unspecified atom stereocenters. The third kappa shape index (κ3) is 4.01. The van der Waals surface area contributed by atoms with E-state index in [1.807, 2.05) is 30.3 Å². The lowest BCUT2D eigenvalue weighted by Crippen LogP contribution is -2.45. The minimum absolute atomic E-state index is 0.0911. The summed E-state index contributed by atoms with van der Waals surface area (Å²) in [4.78, 5) is 23.3. The van der Waals surface area contributed by atoms with Gasteiger partial charge in [0.2, 0.25) is 0 Å². The van der Waals surface area contributed by atoms with E-state index in [1.165, 1.54) is 10.1 Å². The Bertz CT molecular complexity index is 1620. The Kier molecular flexibility index (Phi) is 5.52. The number of nitrogens with zero attached hydrogens (tertiary/aromatic N) is 3. The summed E-state index contributed by atoms with van der Waals surface area (Å²) in [7, 11) is 0. The summed E-state index contributed by atoms with van der Waals surface area (Å²) >= 11 is 8.01. The number of thiophene rings is 1. The molecule has 0 amide bonds. The van der Waals surface area contributed by atoms with Gasteiger partial charge in [-0.05, 0) is 91.6 Å². The fourth-order valence-electron chi connectivity index (χ4n) is 6.59. The number of H-pyrrole nitrogens is 1. The van der Waals surface area contributed by atoms with Crippen molar-refractivity contribution in [1.29, 1.82) is 0 Å². The molecule has 3 aliphatic carbocycles. The number of aromatic amines is 1. The van der Waals surface area contributed by atoms with Gasteiger partial charge < -0.3 is 5.11 Å². The van der Waals surface area contributed by atoms with E-state index in [0.717, 1.165) is 52.9 Å². The van der Waals surface area contributed by atoms with Crippen LogP contribution >= 0.6 is 22.9 Å². The van der Waals surface area contributed by atoms with Gasteiger partial charge in [-0.15, -0.1) is 11.3 Å². The van der Waals surface area contributed by atoms with Gasteiger partial charge in [0, 0.05) is 20.8 Å². The Balaban J connectivity index is 1.36. The highest BCUT2D eigenvalue weighted by Gasteiger charge is 2.47. The first kappa shape index (κ1) is 22.9. The molecule has 0 radical (unpaired) electrons. The predicted molar refractivity (Wildman–Crippen MR) is 147 cm³/mol. The van der Waals surface area contributed by atoms with Crippen molar-refractivity contribution >= 4 is 49.9 Å². The van der Waals surface area contributed by atoms with E-state index in [-0.39, 0.29) is 17.8 Å². The monoisotopic (exact) mass is 528 g/mol. The summed E-state index contributed by atoms with van der Waals surface area (Å²) in [5.74, 6) is 0.366. The van der Waals surface area contributed by atoms with Crippen molar-refractivity contribution in [2.75, 3.05) is 0 Å². The Labute approximate surface area is 222 Å². The van der Waals surface area contributed by atoms with Crippen LogP contribution in [0.1, 0.15) is 31.4 Å². The molecule has 6 nitrogen and oxygen atoms in total. The molecule has 3 fully saturated rings. The van der Waals surface area contributed by atoms with Crippen LogP contribution in [0.3, 0.4) is 0 Å². The standard InChI is InChI=1S/C29H25ClN4O2S/c30-18-9-10-22-21(12-18)27(34-33-22)28-31-19(13-20-15-5-7-16(8-6-15)26(20)29(35)36)14-23(32-28)25-11-17-3-1-2-4-24(17)37-25/h1-4,9-12,14-16,20,26H,5-8,13H2,(H,33,34)(H,35,36). The number of carboxylic acid groups (broad SMARTS) is 1. The van der Waals surface area contributed by atoms with Crippen LogP contribution in [0.2, 0.25) is 5.02 Å². The summed E-state index contributed by atoms with van der Waals surface area (Å²) in [5, 5.41) is 20.4. The number of hydrogen-bond donors (Lipinski definition) is 2. The average Bonchev–Trinajstić information content (AvgIpc) is 3.53. The first-order valence-corrected chi connectivity index (χ1v) is 14.0. The van der Waals surface area contributed by atoms with Crippen LogP contribution in [0.5, 0.6) is 0 Å². The Morgan fingerprint density at radius 1 is 1.03 bits per heavy atom. The molecular formula is C29H25ClN4O2S. The molecule has 8 rings (SSSR count).